The zero-order chi connectivity index (χ0) is 8.72. The topological polar surface area (TPSA) is 29.1 Å². The van der Waals surface area contributed by atoms with Crippen LogP contribution in [0.2, 0.25) is 0 Å². The Morgan fingerprint density at radius 3 is 3.00 bits per heavy atom. The first-order valence-electron chi connectivity index (χ1n) is 3.75. The minimum absolute atomic E-state index is 0.0331. The van der Waals surface area contributed by atoms with Crippen molar-refractivity contribution in [3.8, 4) is 0 Å². The first kappa shape index (κ1) is 7.80. The van der Waals surface area contributed by atoms with Crippen LogP contribution in [0, 0.1) is 6.92 Å². The molecule has 12 heavy (non-hydrogen) atoms. The number of aryl methyl sites for hydroxylation is 1. The molecule has 0 atom stereocenters. The molecule has 1 heterocycles. The van der Waals surface area contributed by atoms with Crippen LogP contribution in [0.5, 0.6) is 0 Å². The van der Waals surface area contributed by atoms with E-state index in [0.717, 1.165) is 15.6 Å². The first-order valence-corrected chi connectivity index (χ1v) is 4.55. The molecule has 62 valence electrons. The van der Waals surface area contributed by atoms with Gasteiger partial charge in [0.05, 0.1) is 0 Å². The summed E-state index contributed by atoms with van der Waals surface area (Å²) in [5.41, 5.74) is 3.07. The molecule has 3 heteroatoms. The first-order chi connectivity index (χ1) is 5.68. The number of carbonyl (C=O) groups excluding carboxylic acids is 1. The van der Waals surface area contributed by atoms with Crippen molar-refractivity contribution in [1.29, 1.82) is 0 Å². The van der Waals surface area contributed by atoms with Gasteiger partial charge in [-0.25, -0.2) is 0 Å². The molecule has 0 unspecified atom stereocenters. The summed E-state index contributed by atoms with van der Waals surface area (Å²) in [6, 6.07) is 3.92. The molecule has 0 aliphatic carbocycles. The van der Waals surface area contributed by atoms with Crippen LogP contribution in [0.4, 0.5) is 0 Å². The van der Waals surface area contributed by atoms with Gasteiger partial charge in [-0.15, -0.1) is 0 Å². The highest BCUT2D eigenvalue weighted by atomic mass is 79.9. The molecule has 1 aliphatic rings. The Morgan fingerprint density at radius 1 is 1.50 bits per heavy atom. The van der Waals surface area contributed by atoms with Gasteiger partial charge in [0.1, 0.15) is 0 Å². The summed E-state index contributed by atoms with van der Waals surface area (Å²) in [7, 11) is 0. The van der Waals surface area contributed by atoms with Crippen LogP contribution in [-0.2, 0) is 6.54 Å². The van der Waals surface area contributed by atoms with Crippen LogP contribution >= 0.6 is 15.9 Å². The molecular weight excluding hydrogens is 218 g/mol. The maximum Gasteiger partial charge on any atom is 0.251 e. The van der Waals surface area contributed by atoms with E-state index in [1.54, 1.807) is 0 Å². The summed E-state index contributed by atoms with van der Waals surface area (Å²) >= 11 is 3.40. The molecule has 0 saturated heterocycles. The van der Waals surface area contributed by atoms with Crippen LogP contribution in [0.3, 0.4) is 0 Å². The molecule has 2 rings (SSSR count). The van der Waals surface area contributed by atoms with Gasteiger partial charge in [-0.05, 0) is 24.1 Å². The minimum atomic E-state index is 0.0331. The number of halogens is 1. The van der Waals surface area contributed by atoms with Gasteiger partial charge in [0.15, 0.2) is 0 Å². The van der Waals surface area contributed by atoms with E-state index in [1.807, 2.05) is 19.1 Å². The highest BCUT2D eigenvalue weighted by Gasteiger charge is 2.19. The van der Waals surface area contributed by atoms with Gasteiger partial charge in [-0.1, -0.05) is 22.0 Å². The quantitative estimate of drug-likeness (QED) is 0.720. The van der Waals surface area contributed by atoms with E-state index in [2.05, 4.69) is 21.2 Å². The van der Waals surface area contributed by atoms with Gasteiger partial charge in [0.2, 0.25) is 0 Å². The second-order valence-corrected chi connectivity index (χ2v) is 3.80. The highest BCUT2D eigenvalue weighted by Crippen LogP contribution is 2.24. The SMILES string of the molecule is Cc1cc2c(cc1Br)C(=O)NC2. The van der Waals surface area contributed by atoms with Crippen molar-refractivity contribution in [1.82, 2.24) is 5.32 Å². The van der Waals surface area contributed by atoms with Crippen molar-refractivity contribution < 1.29 is 4.79 Å². The summed E-state index contributed by atoms with van der Waals surface area (Å²) in [5.74, 6) is 0.0331. The number of amides is 1. The van der Waals surface area contributed by atoms with Crippen molar-refractivity contribution in [3.05, 3.63) is 33.3 Å². The molecule has 0 bridgehead atoms. The minimum Gasteiger partial charge on any atom is -0.348 e. The molecule has 1 aliphatic heterocycles. The predicted octanol–water partition coefficient (Wildman–Crippen LogP) is 2.00. The van der Waals surface area contributed by atoms with Gasteiger partial charge in [-0.2, -0.15) is 0 Å². The van der Waals surface area contributed by atoms with Crippen molar-refractivity contribution in [2.75, 3.05) is 0 Å². The summed E-state index contributed by atoms with van der Waals surface area (Å²) in [6.07, 6.45) is 0. The number of carbonyl (C=O) groups is 1. The smallest absolute Gasteiger partial charge is 0.251 e. The number of benzene rings is 1. The molecule has 0 spiro atoms. The van der Waals surface area contributed by atoms with E-state index < -0.39 is 0 Å². The van der Waals surface area contributed by atoms with E-state index in [-0.39, 0.29) is 5.91 Å². The molecule has 0 radical (unpaired) electrons. The largest absolute Gasteiger partial charge is 0.348 e. The van der Waals surface area contributed by atoms with Crippen LogP contribution in [0.25, 0.3) is 0 Å². The van der Waals surface area contributed by atoms with Crippen molar-refractivity contribution in [3.63, 3.8) is 0 Å². The molecular formula is C9H8BrNO. The number of fused-ring (bicyclic) bond motifs is 1. The second-order valence-electron chi connectivity index (χ2n) is 2.94. The second kappa shape index (κ2) is 2.59. The van der Waals surface area contributed by atoms with Crippen LogP contribution in [0.1, 0.15) is 21.5 Å². The lowest BCUT2D eigenvalue weighted by molar-refractivity contribution is 0.0965. The normalized spacial score (nSPS) is 14.3. The lowest BCUT2D eigenvalue weighted by atomic mass is 10.1. The fourth-order valence-corrected chi connectivity index (χ4v) is 1.71. The molecule has 0 aromatic heterocycles. The zero-order valence-corrected chi connectivity index (χ0v) is 8.23. The monoisotopic (exact) mass is 225 g/mol. The lowest BCUT2D eigenvalue weighted by Crippen LogP contribution is -2.12. The Hall–Kier alpha value is -0.830. The maximum atomic E-state index is 11.2. The molecule has 0 saturated carbocycles. The maximum absolute atomic E-state index is 11.2. The van der Waals surface area contributed by atoms with Gasteiger partial charge in [-0.3, -0.25) is 4.79 Å². The molecule has 1 amide bonds. The average molecular weight is 226 g/mol. The van der Waals surface area contributed by atoms with E-state index in [4.69, 9.17) is 0 Å². The van der Waals surface area contributed by atoms with Gasteiger partial charge in [0.25, 0.3) is 5.91 Å². The third-order valence-corrected chi connectivity index (χ3v) is 2.92. The summed E-state index contributed by atoms with van der Waals surface area (Å²) in [4.78, 5) is 11.2. The molecule has 1 aromatic rings. The fraction of sp³-hybridized carbons (Fsp3) is 0.222. The van der Waals surface area contributed by atoms with Crippen molar-refractivity contribution in [2.45, 2.75) is 13.5 Å². The van der Waals surface area contributed by atoms with Crippen molar-refractivity contribution >= 4 is 21.8 Å². The zero-order valence-electron chi connectivity index (χ0n) is 6.65. The number of hydrogen-bond acceptors (Lipinski definition) is 1. The third-order valence-electron chi connectivity index (χ3n) is 2.07. The standard InChI is InChI=1S/C9H8BrNO/c1-5-2-6-4-11-9(12)7(6)3-8(5)10/h2-3H,4H2,1H3,(H,11,12). The molecule has 1 N–H and O–H groups in total. The van der Waals surface area contributed by atoms with Crippen molar-refractivity contribution in [2.24, 2.45) is 0 Å². The van der Waals surface area contributed by atoms with E-state index in [1.165, 1.54) is 5.56 Å². The number of rotatable bonds is 0. The van der Waals surface area contributed by atoms with E-state index in [0.29, 0.717) is 6.54 Å². The summed E-state index contributed by atoms with van der Waals surface area (Å²) in [5, 5.41) is 2.78. The van der Waals surface area contributed by atoms with Gasteiger partial charge >= 0.3 is 0 Å². The Balaban J connectivity index is 2.63. The predicted molar refractivity (Wildman–Crippen MR) is 50.0 cm³/mol. The Morgan fingerprint density at radius 2 is 2.25 bits per heavy atom. The summed E-state index contributed by atoms with van der Waals surface area (Å²) in [6.45, 7) is 2.69. The summed E-state index contributed by atoms with van der Waals surface area (Å²) < 4.78 is 0.998. The molecule has 2 nitrogen and oxygen atoms in total. The van der Waals surface area contributed by atoms with Gasteiger partial charge in [0, 0.05) is 16.6 Å². The lowest BCUT2D eigenvalue weighted by Gasteiger charge is -2.00. The molecule has 1 aromatic carbocycles. The Kier molecular flexibility index (Phi) is 1.68. The van der Waals surface area contributed by atoms with E-state index >= 15 is 0 Å². The Bertz CT molecular complexity index is 360. The van der Waals surface area contributed by atoms with Gasteiger partial charge < -0.3 is 5.32 Å². The number of nitrogens with one attached hydrogen (secondary N) is 1. The van der Waals surface area contributed by atoms with Crippen LogP contribution in [-0.4, -0.2) is 5.91 Å². The van der Waals surface area contributed by atoms with Crippen LogP contribution in [0.15, 0.2) is 16.6 Å². The van der Waals surface area contributed by atoms with E-state index in [9.17, 15) is 4.79 Å². The highest BCUT2D eigenvalue weighted by molar-refractivity contribution is 9.10. The number of hydrogen-bond donors (Lipinski definition) is 1. The third kappa shape index (κ3) is 1.05. The fourth-order valence-electron chi connectivity index (χ4n) is 1.37. The Labute approximate surface area is 79.1 Å². The molecule has 0 fully saturated rings. The van der Waals surface area contributed by atoms with Crippen LogP contribution < -0.4 is 5.32 Å². The average Bonchev–Trinajstić information content (AvgIpc) is 2.35.